The predicted octanol–water partition coefficient (Wildman–Crippen LogP) is 6.34. The third kappa shape index (κ3) is 8.30. The number of carbonyl (C=O) groups excluding carboxylic acids is 5. The van der Waals surface area contributed by atoms with Gasteiger partial charge in [0.15, 0.2) is 18.1 Å². The lowest BCUT2D eigenvalue weighted by molar-refractivity contribution is -0.159. The van der Waals surface area contributed by atoms with Crippen LogP contribution in [0, 0.1) is 11.3 Å². The molecule has 0 bridgehead atoms. The molecule has 13 nitrogen and oxygen atoms in total. The van der Waals surface area contributed by atoms with E-state index in [-0.39, 0.29) is 19.6 Å². The van der Waals surface area contributed by atoms with Gasteiger partial charge in [0.25, 0.3) is 0 Å². The van der Waals surface area contributed by atoms with Gasteiger partial charge in [-0.2, -0.15) is 10.4 Å². The zero-order chi connectivity index (χ0) is 43.1. The molecule has 3 saturated heterocycles. The van der Waals surface area contributed by atoms with Gasteiger partial charge in [0.2, 0.25) is 16.7 Å². The summed E-state index contributed by atoms with van der Waals surface area (Å²) < 4.78 is 12.6. The maximum Gasteiger partial charge on any atom is 0.345 e. The summed E-state index contributed by atoms with van der Waals surface area (Å²) in [6.07, 6.45) is 2.20. The molecule has 14 heteroatoms. The van der Waals surface area contributed by atoms with Crippen LogP contribution in [-0.2, 0) is 28.7 Å². The third-order valence-corrected chi connectivity index (χ3v) is 12.5. The van der Waals surface area contributed by atoms with Gasteiger partial charge in [0.1, 0.15) is 11.4 Å². The largest absolute Gasteiger partial charge is 0.452 e. The lowest BCUT2D eigenvalue weighted by Gasteiger charge is -2.41. The number of nitrogens with zero attached hydrogens (tertiary/aromatic N) is 5. The second-order valence-electron chi connectivity index (χ2n) is 14.6. The summed E-state index contributed by atoms with van der Waals surface area (Å²) in [5, 5.41) is 16.3. The minimum absolute atomic E-state index is 0.0548. The lowest BCUT2D eigenvalue weighted by atomic mass is 9.96. The van der Waals surface area contributed by atoms with Crippen molar-refractivity contribution in [2.45, 2.75) is 34.4 Å². The van der Waals surface area contributed by atoms with Crippen molar-refractivity contribution in [3.05, 3.63) is 192 Å². The molecular weight excluding hydrogens is 805 g/mol. The summed E-state index contributed by atoms with van der Waals surface area (Å²) in [7, 11) is 0. The van der Waals surface area contributed by atoms with Gasteiger partial charge in [-0.1, -0.05) is 163 Å². The number of nitrogens with one attached hydrogen (secondary N) is 1. The van der Waals surface area contributed by atoms with Crippen molar-refractivity contribution in [3.63, 3.8) is 0 Å². The normalized spacial score (nSPS) is 20.0. The number of fused-ring (bicyclic) bond motifs is 1. The number of hydrogen-bond donors (Lipinski definition) is 1. The number of allylic oxidation sites excluding steroid dienone is 2. The predicted molar refractivity (Wildman–Crippen MR) is 231 cm³/mol. The monoisotopic (exact) mass is 844 g/mol. The SMILES string of the molecule is N#C/C=C/C=N/N1CCN([C@]2(C(=O)OC(c3ccccc3)c3ccccc3)CN3C(=O)[C@@H](NC(=O)C(C(=O)OC(c4ccccc4)c4ccccc4)c4ccccc4)[C@H]3S2)C1=O. The molecular formula is C48H40N6O7S. The zero-order valence-corrected chi connectivity index (χ0v) is 34.0. The first-order chi connectivity index (χ1) is 30.3. The quantitative estimate of drug-likeness (QED) is 0.0443. The molecule has 3 aliphatic rings. The Morgan fingerprint density at radius 2 is 1.21 bits per heavy atom. The molecule has 4 amide bonds. The summed E-state index contributed by atoms with van der Waals surface area (Å²) in [6, 6.07) is 45.3. The molecule has 0 aromatic heterocycles. The molecule has 5 aromatic carbocycles. The summed E-state index contributed by atoms with van der Waals surface area (Å²) in [5.74, 6) is -4.32. The van der Waals surface area contributed by atoms with Gasteiger partial charge in [-0.15, -0.1) is 0 Å². The highest BCUT2D eigenvalue weighted by Crippen LogP contribution is 2.51. The molecule has 3 aliphatic heterocycles. The molecule has 0 aliphatic carbocycles. The van der Waals surface area contributed by atoms with Crippen LogP contribution in [0.5, 0.6) is 0 Å². The standard InChI is InChI=1S/C48H40N6O7S/c49-28-16-17-29-50-54-31-30-53(47(54)59)48(46(58)61-41(36-24-12-4-13-25-36)37-26-14-5-15-27-37)32-52-43(56)39(44(52)62-48)51-42(55)38(33-18-6-1-7-19-33)45(57)60-40(34-20-8-2-9-21-34)35-22-10-3-11-23-35/h1-27,29,38-41,44H,30-32H2,(H,51,55)/b17-16+,50-29+/t38?,39-,44-,48-/m1/s1. The maximum atomic E-state index is 14.9. The smallest absolute Gasteiger partial charge is 0.345 e. The first-order valence-corrected chi connectivity index (χ1v) is 20.8. The number of ether oxygens (including phenoxy) is 2. The van der Waals surface area contributed by atoms with Gasteiger partial charge in [0.05, 0.1) is 19.2 Å². The summed E-state index contributed by atoms with van der Waals surface area (Å²) >= 11 is 1.03. The Kier molecular flexibility index (Phi) is 12.2. The van der Waals surface area contributed by atoms with Crippen molar-refractivity contribution in [3.8, 4) is 6.07 Å². The summed E-state index contributed by atoms with van der Waals surface area (Å²) in [5.41, 5.74) is 3.15. The Labute approximate surface area is 362 Å². The van der Waals surface area contributed by atoms with Crippen LogP contribution >= 0.6 is 11.8 Å². The van der Waals surface area contributed by atoms with Crippen molar-refractivity contribution in [1.82, 2.24) is 20.1 Å². The Morgan fingerprint density at radius 1 is 0.726 bits per heavy atom. The number of esters is 2. The van der Waals surface area contributed by atoms with E-state index >= 15 is 0 Å². The number of amides is 4. The fourth-order valence-electron chi connectivity index (χ4n) is 7.80. The van der Waals surface area contributed by atoms with Crippen LogP contribution in [0.3, 0.4) is 0 Å². The fraction of sp³-hybridized carbons (Fsp3) is 0.188. The number of hydrazone groups is 1. The number of nitriles is 1. The molecule has 3 fully saturated rings. The van der Waals surface area contributed by atoms with Crippen molar-refractivity contribution >= 4 is 47.8 Å². The van der Waals surface area contributed by atoms with Crippen molar-refractivity contribution in [2.75, 3.05) is 19.6 Å². The zero-order valence-electron chi connectivity index (χ0n) is 33.2. The van der Waals surface area contributed by atoms with Crippen LogP contribution < -0.4 is 5.32 Å². The highest BCUT2D eigenvalue weighted by Gasteiger charge is 2.67. The molecule has 0 saturated carbocycles. The van der Waals surface area contributed by atoms with E-state index in [1.807, 2.05) is 127 Å². The number of urea groups is 1. The van der Waals surface area contributed by atoms with Crippen LogP contribution in [-0.4, -0.2) is 86.7 Å². The number of rotatable bonds is 14. The first kappa shape index (κ1) is 41.2. The summed E-state index contributed by atoms with van der Waals surface area (Å²) in [4.78, 5) is 72.8. The van der Waals surface area contributed by atoms with Crippen LogP contribution in [0.15, 0.2) is 169 Å². The molecule has 1 N–H and O–H groups in total. The minimum atomic E-state index is -1.76. The average Bonchev–Trinajstić information content (AvgIpc) is 3.88. The van der Waals surface area contributed by atoms with E-state index in [2.05, 4.69) is 10.4 Å². The molecule has 0 spiro atoms. The Hall–Kier alpha value is -7.50. The van der Waals surface area contributed by atoms with Crippen LogP contribution in [0.25, 0.3) is 0 Å². The van der Waals surface area contributed by atoms with Crippen LogP contribution in [0.1, 0.15) is 45.9 Å². The first-order valence-electron chi connectivity index (χ1n) is 19.9. The molecule has 0 radical (unpaired) electrons. The van der Waals surface area contributed by atoms with Gasteiger partial charge >= 0.3 is 18.0 Å². The molecule has 62 heavy (non-hydrogen) atoms. The van der Waals surface area contributed by atoms with E-state index in [1.165, 1.54) is 33.2 Å². The molecule has 4 atom stereocenters. The molecule has 5 aromatic rings. The fourth-order valence-corrected chi connectivity index (χ4v) is 9.48. The van der Waals surface area contributed by atoms with E-state index in [0.29, 0.717) is 27.8 Å². The van der Waals surface area contributed by atoms with Crippen LogP contribution in [0.2, 0.25) is 0 Å². The molecule has 3 heterocycles. The average molecular weight is 845 g/mol. The van der Waals surface area contributed by atoms with E-state index in [4.69, 9.17) is 14.7 Å². The van der Waals surface area contributed by atoms with E-state index in [9.17, 15) is 24.0 Å². The number of thioether (sulfide) groups is 1. The third-order valence-electron chi connectivity index (χ3n) is 10.8. The summed E-state index contributed by atoms with van der Waals surface area (Å²) in [6.45, 7) is -0.0712. The van der Waals surface area contributed by atoms with Crippen molar-refractivity contribution < 1.29 is 33.4 Å². The van der Waals surface area contributed by atoms with E-state index in [0.717, 1.165) is 11.8 Å². The second kappa shape index (κ2) is 18.4. The Bertz CT molecular complexity index is 2450. The molecule has 310 valence electrons. The number of carbonyl (C=O) groups is 5. The minimum Gasteiger partial charge on any atom is -0.452 e. The topological polar surface area (TPSA) is 162 Å². The highest BCUT2D eigenvalue weighted by atomic mass is 32.2. The van der Waals surface area contributed by atoms with Gasteiger partial charge in [-0.05, 0) is 33.9 Å². The van der Waals surface area contributed by atoms with Gasteiger partial charge in [-0.3, -0.25) is 19.3 Å². The lowest BCUT2D eigenvalue weighted by Crippen LogP contribution is -2.68. The molecule has 8 rings (SSSR count). The number of hydrogen-bond acceptors (Lipinski definition) is 10. The van der Waals surface area contributed by atoms with E-state index in [1.54, 1.807) is 30.3 Å². The molecule has 1 unspecified atom stereocenters. The van der Waals surface area contributed by atoms with Gasteiger partial charge < -0.3 is 19.7 Å². The van der Waals surface area contributed by atoms with Crippen LogP contribution in [0.4, 0.5) is 4.79 Å². The number of β-lactam (4-membered cyclic amide) rings is 1. The Balaban J connectivity index is 1.08. The van der Waals surface area contributed by atoms with Gasteiger partial charge in [-0.25, -0.2) is 14.6 Å². The Morgan fingerprint density at radius 3 is 1.71 bits per heavy atom. The van der Waals surface area contributed by atoms with E-state index < -0.39 is 64.2 Å². The van der Waals surface area contributed by atoms with Crippen molar-refractivity contribution in [1.29, 1.82) is 5.26 Å². The second-order valence-corrected chi connectivity index (χ2v) is 16.0. The highest BCUT2D eigenvalue weighted by molar-refractivity contribution is 8.02. The van der Waals surface area contributed by atoms with Crippen molar-refractivity contribution in [2.24, 2.45) is 5.10 Å². The number of benzene rings is 5. The maximum absolute atomic E-state index is 14.9. The van der Waals surface area contributed by atoms with Gasteiger partial charge in [0, 0.05) is 18.8 Å².